The van der Waals surface area contributed by atoms with E-state index in [0.29, 0.717) is 22.3 Å². The fourth-order valence-electron chi connectivity index (χ4n) is 2.28. The molecule has 22 heavy (non-hydrogen) atoms. The summed E-state index contributed by atoms with van der Waals surface area (Å²) in [5, 5.41) is 5.03. The number of benzene rings is 1. The largest absolute Gasteiger partial charge is 0.481 e. The number of methoxy groups -OCH3 is 1. The monoisotopic (exact) mass is 371 g/mol. The first-order valence-electron chi connectivity index (χ1n) is 6.16. The van der Waals surface area contributed by atoms with Crippen LogP contribution in [-0.2, 0) is 6.18 Å². The molecule has 0 saturated carbocycles. The maximum absolute atomic E-state index is 13.2. The van der Waals surface area contributed by atoms with E-state index in [1.54, 1.807) is 24.3 Å². The topological polar surface area (TPSA) is 39.9 Å². The lowest BCUT2D eigenvalue weighted by atomic mass is 10.1. The fraction of sp³-hybridized carbons (Fsp3) is 0.143. The molecule has 0 aliphatic carbocycles. The summed E-state index contributed by atoms with van der Waals surface area (Å²) in [6.07, 6.45) is -1.93. The van der Waals surface area contributed by atoms with Crippen LogP contribution in [0.1, 0.15) is 5.69 Å². The van der Waals surface area contributed by atoms with E-state index >= 15 is 0 Å². The number of halogens is 4. The number of hydrogen-bond donors (Lipinski definition) is 0. The van der Waals surface area contributed by atoms with E-state index in [2.05, 4.69) is 26.0 Å². The molecule has 8 heteroatoms. The van der Waals surface area contributed by atoms with Crippen molar-refractivity contribution >= 4 is 26.7 Å². The maximum atomic E-state index is 13.2. The van der Waals surface area contributed by atoms with Gasteiger partial charge in [0.15, 0.2) is 5.69 Å². The number of pyridine rings is 1. The lowest BCUT2D eigenvalue weighted by molar-refractivity contribution is -0.143. The second kappa shape index (κ2) is 5.28. The van der Waals surface area contributed by atoms with Crippen molar-refractivity contribution in [3.63, 3.8) is 0 Å². The van der Waals surface area contributed by atoms with Crippen LogP contribution in [-0.4, -0.2) is 21.9 Å². The number of aromatic nitrogens is 3. The predicted octanol–water partition coefficient (Wildman–Crippen LogP) is 4.21. The van der Waals surface area contributed by atoms with E-state index in [1.165, 1.54) is 13.3 Å². The highest BCUT2D eigenvalue weighted by molar-refractivity contribution is 9.10. The molecule has 0 spiro atoms. The fourth-order valence-corrected chi connectivity index (χ4v) is 2.76. The first-order valence-corrected chi connectivity index (χ1v) is 6.95. The van der Waals surface area contributed by atoms with Crippen LogP contribution in [0.5, 0.6) is 5.88 Å². The van der Waals surface area contributed by atoms with E-state index in [-0.39, 0.29) is 4.47 Å². The van der Waals surface area contributed by atoms with Crippen molar-refractivity contribution in [2.24, 2.45) is 0 Å². The van der Waals surface area contributed by atoms with Crippen molar-refractivity contribution in [2.45, 2.75) is 6.18 Å². The summed E-state index contributed by atoms with van der Waals surface area (Å²) in [5.41, 5.74) is -0.563. The first-order chi connectivity index (χ1) is 10.4. The zero-order chi connectivity index (χ0) is 15.9. The highest BCUT2D eigenvalue weighted by Gasteiger charge is 2.38. The van der Waals surface area contributed by atoms with Crippen LogP contribution in [0.25, 0.3) is 16.5 Å². The minimum atomic E-state index is -4.53. The van der Waals surface area contributed by atoms with E-state index in [1.807, 2.05) is 0 Å². The smallest absolute Gasteiger partial charge is 0.434 e. The van der Waals surface area contributed by atoms with Crippen LogP contribution in [0.15, 0.2) is 41.1 Å². The lowest BCUT2D eigenvalue weighted by Gasteiger charge is -2.13. The standard InChI is InChI=1S/C14H9BrF3N3O/c1-22-13-9-3-2-4-11(8(9)5-6-19-13)21-12(14(16,17)18)10(15)7-20-21/h2-7H,1H3. The Labute approximate surface area is 131 Å². The van der Waals surface area contributed by atoms with E-state index in [4.69, 9.17) is 4.74 Å². The lowest BCUT2D eigenvalue weighted by Crippen LogP contribution is -2.14. The Kier molecular flexibility index (Phi) is 3.56. The zero-order valence-corrected chi connectivity index (χ0v) is 12.8. The Morgan fingerprint density at radius 2 is 1.95 bits per heavy atom. The molecule has 2 heterocycles. The van der Waals surface area contributed by atoms with Crippen molar-refractivity contribution in [2.75, 3.05) is 7.11 Å². The molecule has 0 radical (unpaired) electrons. The van der Waals surface area contributed by atoms with E-state index in [0.717, 1.165) is 10.9 Å². The summed E-state index contributed by atoms with van der Waals surface area (Å²) in [6.45, 7) is 0. The predicted molar refractivity (Wildman–Crippen MR) is 78.1 cm³/mol. The number of hydrogen-bond acceptors (Lipinski definition) is 3. The Bertz CT molecular complexity index is 845. The number of alkyl halides is 3. The quantitative estimate of drug-likeness (QED) is 0.677. The molecule has 4 nitrogen and oxygen atoms in total. The van der Waals surface area contributed by atoms with Gasteiger partial charge in [0, 0.05) is 17.0 Å². The minimum absolute atomic E-state index is 0.113. The molecule has 0 N–H and O–H groups in total. The molecule has 0 saturated heterocycles. The third-order valence-electron chi connectivity index (χ3n) is 3.16. The van der Waals surface area contributed by atoms with Crippen LogP contribution in [0, 0.1) is 0 Å². The van der Waals surface area contributed by atoms with Gasteiger partial charge >= 0.3 is 6.18 Å². The molecule has 3 rings (SSSR count). The number of fused-ring (bicyclic) bond motifs is 1. The Morgan fingerprint density at radius 1 is 1.18 bits per heavy atom. The molecule has 0 bridgehead atoms. The summed E-state index contributed by atoms with van der Waals surface area (Å²) in [6, 6.07) is 6.56. The van der Waals surface area contributed by atoms with Crippen molar-refractivity contribution in [1.29, 1.82) is 0 Å². The highest BCUT2D eigenvalue weighted by atomic mass is 79.9. The SMILES string of the molecule is COc1nccc2c(-n3ncc(Br)c3C(F)(F)F)cccc12. The van der Waals surface area contributed by atoms with Gasteiger partial charge in [-0.15, -0.1) is 0 Å². The third-order valence-corrected chi connectivity index (χ3v) is 3.74. The van der Waals surface area contributed by atoms with Gasteiger partial charge in [-0.3, -0.25) is 0 Å². The summed E-state index contributed by atoms with van der Waals surface area (Å²) in [7, 11) is 1.46. The van der Waals surface area contributed by atoms with Crippen LogP contribution in [0.3, 0.4) is 0 Å². The van der Waals surface area contributed by atoms with Crippen LogP contribution in [0.2, 0.25) is 0 Å². The molecular formula is C14H9BrF3N3O. The second-order valence-corrected chi connectivity index (χ2v) is 5.30. The van der Waals surface area contributed by atoms with Gasteiger partial charge in [0.2, 0.25) is 5.88 Å². The molecule has 0 aliphatic rings. The summed E-state index contributed by atoms with van der Waals surface area (Å²) < 4.78 is 45.6. The van der Waals surface area contributed by atoms with Gasteiger partial charge in [-0.2, -0.15) is 18.3 Å². The van der Waals surface area contributed by atoms with Gasteiger partial charge in [-0.25, -0.2) is 9.67 Å². The van der Waals surface area contributed by atoms with Gasteiger partial charge < -0.3 is 4.74 Å². The molecule has 2 aromatic heterocycles. The third kappa shape index (κ3) is 2.33. The average molecular weight is 372 g/mol. The average Bonchev–Trinajstić information content (AvgIpc) is 2.87. The van der Waals surface area contributed by atoms with Crippen molar-refractivity contribution in [3.05, 3.63) is 46.8 Å². The molecule has 0 unspecified atom stereocenters. The molecule has 114 valence electrons. The normalized spacial score (nSPS) is 11.9. The van der Waals surface area contributed by atoms with E-state index in [9.17, 15) is 13.2 Å². The summed E-state index contributed by atoms with van der Waals surface area (Å²) in [5.74, 6) is 0.346. The van der Waals surface area contributed by atoms with Crippen molar-refractivity contribution < 1.29 is 17.9 Å². The number of ether oxygens (including phenoxy) is 1. The summed E-state index contributed by atoms with van der Waals surface area (Å²) >= 11 is 2.90. The number of rotatable bonds is 2. The molecule has 0 atom stereocenters. The van der Waals surface area contributed by atoms with Gasteiger partial charge in [0.05, 0.1) is 23.5 Å². The molecular weight excluding hydrogens is 363 g/mol. The molecule has 0 fully saturated rings. The second-order valence-electron chi connectivity index (χ2n) is 4.44. The zero-order valence-electron chi connectivity index (χ0n) is 11.2. The van der Waals surface area contributed by atoms with Gasteiger partial charge in [-0.05, 0) is 34.1 Å². The Hall–Kier alpha value is -2.09. The van der Waals surface area contributed by atoms with Crippen molar-refractivity contribution in [3.8, 4) is 11.6 Å². The Morgan fingerprint density at radius 3 is 2.64 bits per heavy atom. The van der Waals surface area contributed by atoms with Crippen LogP contribution < -0.4 is 4.74 Å². The van der Waals surface area contributed by atoms with Gasteiger partial charge in [-0.1, -0.05) is 6.07 Å². The molecule has 3 aromatic rings. The van der Waals surface area contributed by atoms with Crippen molar-refractivity contribution in [1.82, 2.24) is 14.8 Å². The van der Waals surface area contributed by atoms with Crippen LogP contribution in [0.4, 0.5) is 13.2 Å². The highest BCUT2D eigenvalue weighted by Crippen LogP contribution is 2.37. The Balaban J connectivity index is 2.33. The number of nitrogens with zero attached hydrogens (tertiary/aromatic N) is 3. The molecule has 0 amide bonds. The summed E-state index contributed by atoms with van der Waals surface area (Å²) in [4.78, 5) is 4.05. The maximum Gasteiger partial charge on any atom is 0.434 e. The minimum Gasteiger partial charge on any atom is -0.481 e. The first kappa shape index (κ1) is 14.8. The van der Waals surface area contributed by atoms with Gasteiger partial charge in [0.25, 0.3) is 0 Å². The van der Waals surface area contributed by atoms with E-state index < -0.39 is 11.9 Å². The molecule has 1 aromatic carbocycles. The van der Waals surface area contributed by atoms with Crippen LogP contribution >= 0.6 is 15.9 Å². The molecule has 0 aliphatic heterocycles. The van der Waals surface area contributed by atoms with Gasteiger partial charge in [0.1, 0.15) is 0 Å².